The fourth-order valence-electron chi connectivity index (χ4n) is 4.28. The van der Waals surface area contributed by atoms with Gasteiger partial charge in [0.15, 0.2) is 5.82 Å². The second-order valence-electron chi connectivity index (χ2n) is 8.57. The minimum atomic E-state index is 0.674. The molecule has 0 amide bonds. The molecule has 10 nitrogen and oxygen atoms in total. The average molecular weight is 468 g/mol. The summed E-state index contributed by atoms with van der Waals surface area (Å²) in [6.07, 6.45) is 1.56. The van der Waals surface area contributed by atoms with E-state index in [0.717, 1.165) is 71.1 Å². The first-order chi connectivity index (χ1) is 17.1. The van der Waals surface area contributed by atoms with Crippen molar-refractivity contribution in [1.29, 1.82) is 0 Å². The number of aromatic nitrogens is 6. The Labute approximate surface area is 202 Å². The summed E-state index contributed by atoms with van der Waals surface area (Å²) < 4.78 is 7.87. The molecule has 2 N–H and O–H groups in total. The maximum absolute atomic E-state index is 6.13. The molecule has 0 atom stereocenters. The summed E-state index contributed by atoms with van der Waals surface area (Å²) in [6, 6.07) is 15.7. The van der Waals surface area contributed by atoms with E-state index in [1.54, 1.807) is 11.0 Å². The van der Waals surface area contributed by atoms with Gasteiger partial charge in [0.05, 0.1) is 11.0 Å². The molecule has 10 heteroatoms. The number of hydrogen-bond donors (Lipinski definition) is 2. The summed E-state index contributed by atoms with van der Waals surface area (Å²) in [5.41, 5.74) is 5.19. The normalized spacial score (nSPS) is 13.9. The van der Waals surface area contributed by atoms with Crippen LogP contribution in [0.2, 0.25) is 0 Å². The molecule has 35 heavy (non-hydrogen) atoms. The number of nitrogens with zero attached hydrogens (tertiary/aromatic N) is 7. The van der Waals surface area contributed by atoms with Gasteiger partial charge in [0.25, 0.3) is 0 Å². The predicted molar refractivity (Wildman–Crippen MR) is 135 cm³/mol. The van der Waals surface area contributed by atoms with Crippen LogP contribution in [0, 0.1) is 6.92 Å². The van der Waals surface area contributed by atoms with Crippen molar-refractivity contribution < 1.29 is 4.74 Å². The van der Waals surface area contributed by atoms with Crippen LogP contribution in [-0.4, -0.2) is 56.1 Å². The van der Waals surface area contributed by atoms with Gasteiger partial charge in [-0.3, -0.25) is 0 Å². The Balaban J connectivity index is 1.25. The van der Waals surface area contributed by atoms with Crippen molar-refractivity contribution >= 4 is 39.4 Å². The molecular weight excluding hydrogens is 442 g/mol. The zero-order chi connectivity index (χ0) is 23.8. The van der Waals surface area contributed by atoms with Crippen molar-refractivity contribution in [2.45, 2.75) is 6.92 Å². The quantitative estimate of drug-likeness (QED) is 0.401. The summed E-state index contributed by atoms with van der Waals surface area (Å²) >= 11 is 0. The number of piperazine rings is 1. The lowest BCUT2D eigenvalue weighted by Crippen LogP contribution is -2.43. The first kappa shape index (κ1) is 21.2. The largest absolute Gasteiger partial charge is 0.457 e. The Kier molecular flexibility index (Phi) is 5.34. The summed E-state index contributed by atoms with van der Waals surface area (Å²) in [6.45, 7) is 5.78. The molecule has 0 radical (unpaired) electrons. The van der Waals surface area contributed by atoms with Crippen LogP contribution in [0.1, 0.15) is 5.56 Å². The molecule has 4 heterocycles. The van der Waals surface area contributed by atoms with Crippen molar-refractivity contribution in [3.8, 4) is 11.5 Å². The second kappa shape index (κ2) is 8.80. The van der Waals surface area contributed by atoms with Crippen LogP contribution in [-0.2, 0) is 7.05 Å². The zero-order valence-corrected chi connectivity index (χ0v) is 19.6. The van der Waals surface area contributed by atoms with Gasteiger partial charge in [-0.2, -0.15) is 0 Å². The molecule has 2 aromatic carbocycles. The number of nitrogens with one attached hydrogen (secondary N) is 2. The Hall–Kier alpha value is -4.31. The lowest BCUT2D eigenvalue weighted by atomic mass is 10.2. The summed E-state index contributed by atoms with van der Waals surface area (Å²) in [7, 11) is 1.87. The van der Waals surface area contributed by atoms with Gasteiger partial charge in [0.1, 0.15) is 34.7 Å². The van der Waals surface area contributed by atoms with E-state index in [0.29, 0.717) is 11.6 Å². The molecule has 1 aliphatic rings. The Bertz CT molecular complexity index is 1520. The van der Waals surface area contributed by atoms with E-state index in [1.807, 2.05) is 62.5 Å². The molecular formula is C25H25N9O. The first-order valence-corrected chi connectivity index (χ1v) is 11.6. The number of anilines is 3. The molecule has 0 bridgehead atoms. The van der Waals surface area contributed by atoms with Crippen molar-refractivity contribution in [2.75, 3.05) is 36.4 Å². The third-order valence-corrected chi connectivity index (χ3v) is 6.16. The number of rotatable bonds is 5. The van der Waals surface area contributed by atoms with Gasteiger partial charge < -0.3 is 20.3 Å². The predicted octanol–water partition coefficient (Wildman–Crippen LogP) is 3.56. The number of fused-ring (bicyclic) bond motifs is 2. The molecule has 0 unspecified atom stereocenters. The van der Waals surface area contributed by atoms with E-state index in [1.165, 1.54) is 0 Å². The van der Waals surface area contributed by atoms with Crippen molar-refractivity contribution in [2.24, 2.45) is 7.05 Å². The van der Waals surface area contributed by atoms with Crippen LogP contribution in [0.15, 0.2) is 54.9 Å². The minimum Gasteiger partial charge on any atom is -0.457 e. The SMILES string of the molecule is Cc1cc(Nc2ncnc3ccc(N4CCNCC4)nc23)ccc1Oc1ccc2c(c1)nnn2C. The summed E-state index contributed by atoms with van der Waals surface area (Å²) in [5.74, 6) is 3.10. The molecule has 1 saturated heterocycles. The standard InChI is InChI=1S/C25H25N9O/c1-16-13-17(3-7-22(16)35-18-4-6-21-20(14-18)31-32-33(21)2)29-25-24-19(27-15-28-25)5-8-23(30-24)34-11-9-26-10-12-34/h3-8,13-15,26H,9-12H2,1-2H3,(H,27,28,29). The molecule has 0 aliphatic carbocycles. The van der Waals surface area contributed by atoms with Gasteiger partial charge in [-0.05, 0) is 55.0 Å². The molecule has 1 fully saturated rings. The Morgan fingerprint density at radius 3 is 2.71 bits per heavy atom. The number of hydrogen-bond acceptors (Lipinski definition) is 9. The molecule has 5 aromatic rings. The van der Waals surface area contributed by atoms with Gasteiger partial charge >= 0.3 is 0 Å². The Morgan fingerprint density at radius 2 is 1.86 bits per heavy atom. The van der Waals surface area contributed by atoms with E-state index in [2.05, 4.69) is 35.8 Å². The molecule has 0 spiro atoms. The number of aryl methyl sites for hydroxylation is 2. The first-order valence-electron chi connectivity index (χ1n) is 11.6. The third-order valence-electron chi connectivity index (χ3n) is 6.16. The highest BCUT2D eigenvalue weighted by Gasteiger charge is 2.14. The van der Waals surface area contributed by atoms with Gasteiger partial charge in [0.2, 0.25) is 0 Å². The maximum atomic E-state index is 6.13. The monoisotopic (exact) mass is 467 g/mol. The molecule has 6 rings (SSSR count). The van der Waals surface area contributed by atoms with Crippen LogP contribution < -0.4 is 20.3 Å². The number of pyridine rings is 1. The molecule has 0 saturated carbocycles. The van der Waals surface area contributed by atoms with Gasteiger partial charge in [-0.15, -0.1) is 5.10 Å². The Morgan fingerprint density at radius 1 is 0.971 bits per heavy atom. The van der Waals surface area contributed by atoms with E-state index >= 15 is 0 Å². The third kappa shape index (κ3) is 4.19. The summed E-state index contributed by atoms with van der Waals surface area (Å²) in [4.78, 5) is 16.0. The van der Waals surface area contributed by atoms with E-state index in [4.69, 9.17) is 9.72 Å². The smallest absolute Gasteiger partial charge is 0.160 e. The van der Waals surface area contributed by atoms with Crippen LogP contribution in [0.5, 0.6) is 11.5 Å². The minimum absolute atomic E-state index is 0.674. The van der Waals surface area contributed by atoms with Crippen LogP contribution in [0.3, 0.4) is 0 Å². The van der Waals surface area contributed by atoms with Crippen molar-refractivity contribution in [1.82, 2.24) is 35.3 Å². The van der Waals surface area contributed by atoms with Crippen LogP contribution in [0.4, 0.5) is 17.3 Å². The fourth-order valence-corrected chi connectivity index (χ4v) is 4.28. The van der Waals surface area contributed by atoms with Gasteiger partial charge in [0, 0.05) is 45.0 Å². The summed E-state index contributed by atoms with van der Waals surface area (Å²) in [5, 5.41) is 15.0. The lowest BCUT2D eigenvalue weighted by Gasteiger charge is -2.28. The topological polar surface area (TPSA) is 106 Å². The molecule has 1 aliphatic heterocycles. The van der Waals surface area contributed by atoms with Crippen molar-refractivity contribution in [3.05, 3.63) is 60.4 Å². The molecule has 176 valence electrons. The second-order valence-corrected chi connectivity index (χ2v) is 8.57. The maximum Gasteiger partial charge on any atom is 0.160 e. The fraction of sp³-hybridized carbons (Fsp3) is 0.240. The zero-order valence-electron chi connectivity index (χ0n) is 19.6. The van der Waals surface area contributed by atoms with Gasteiger partial charge in [-0.1, -0.05) is 5.21 Å². The highest BCUT2D eigenvalue weighted by Crippen LogP contribution is 2.31. The van der Waals surface area contributed by atoms with E-state index in [9.17, 15) is 0 Å². The van der Waals surface area contributed by atoms with Gasteiger partial charge in [-0.25, -0.2) is 19.6 Å². The van der Waals surface area contributed by atoms with Crippen molar-refractivity contribution in [3.63, 3.8) is 0 Å². The number of benzene rings is 2. The lowest BCUT2D eigenvalue weighted by molar-refractivity contribution is 0.479. The highest BCUT2D eigenvalue weighted by molar-refractivity contribution is 5.88. The number of ether oxygens (including phenoxy) is 1. The van der Waals surface area contributed by atoms with Crippen LogP contribution >= 0.6 is 0 Å². The van der Waals surface area contributed by atoms with E-state index in [-0.39, 0.29) is 0 Å². The van der Waals surface area contributed by atoms with Crippen LogP contribution in [0.25, 0.3) is 22.1 Å². The molecule has 3 aromatic heterocycles. The average Bonchev–Trinajstić information content (AvgIpc) is 3.26. The highest BCUT2D eigenvalue weighted by atomic mass is 16.5. The van der Waals surface area contributed by atoms with E-state index < -0.39 is 0 Å².